The Morgan fingerprint density at radius 1 is 1.25 bits per heavy atom. The zero-order valence-corrected chi connectivity index (χ0v) is 13.7. The predicted molar refractivity (Wildman–Crippen MR) is 87.7 cm³/mol. The van der Waals surface area contributed by atoms with Gasteiger partial charge in [0, 0.05) is 19.1 Å². The second-order valence-corrected chi connectivity index (χ2v) is 6.39. The van der Waals surface area contributed by atoms with E-state index in [4.69, 9.17) is 23.2 Å². The summed E-state index contributed by atoms with van der Waals surface area (Å²) in [5.74, 6) is 0. The van der Waals surface area contributed by atoms with Crippen molar-refractivity contribution in [1.82, 2.24) is 10.2 Å². The lowest BCUT2D eigenvalue weighted by atomic mass is 10.0. The number of nitrogens with one attached hydrogen (secondary N) is 1. The first-order valence-corrected chi connectivity index (χ1v) is 8.35. The van der Waals surface area contributed by atoms with Crippen LogP contribution in [0.15, 0.2) is 18.2 Å². The minimum Gasteiger partial charge on any atom is -0.315 e. The third-order valence-electron chi connectivity index (χ3n) is 3.93. The van der Waals surface area contributed by atoms with Gasteiger partial charge in [-0.3, -0.25) is 4.90 Å². The van der Waals surface area contributed by atoms with E-state index in [2.05, 4.69) is 23.2 Å². The Morgan fingerprint density at radius 3 is 2.85 bits per heavy atom. The monoisotopic (exact) mass is 314 g/mol. The maximum atomic E-state index is 6.11. The first kappa shape index (κ1) is 16.1. The summed E-state index contributed by atoms with van der Waals surface area (Å²) in [6.07, 6.45) is 5.12. The molecule has 0 aliphatic carbocycles. The minimum atomic E-state index is 0.634. The predicted octanol–water partition coefficient (Wildman–Crippen LogP) is 4.35. The lowest BCUT2D eigenvalue weighted by molar-refractivity contribution is 0.137. The van der Waals surface area contributed by atoms with Gasteiger partial charge in [0.05, 0.1) is 10.0 Å². The van der Waals surface area contributed by atoms with E-state index in [9.17, 15) is 0 Å². The lowest BCUT2D eigenvalue weighted by Crippen LogP contribution is -2.45. The van der Waals surface area contributed by atoms with Gasteiger partial charge in [-0.05, 0) is 50.0 Å². The molecular weight excluding hydrogens is 291 g/mol. The van der Waals surface area contributed by atoms with Crippen LogP contribution in [-0.4, -0.2) is 30.6 Å². The largest absolute Gasteiger partial charge is 0.315 e. The fourth-order valence-electron chi connectivity index (χ4n) is 2.82. The highest BCUT2D eigenvalue weighted by Gasteiger charge is 2.22. The maximum Gasteiger partial charge on any atom is 0.0595 e. The smallest absolute Gasteiger partial charge is 0.0595 e. The molecule has 0 radical (unpaired) electrons. The number of likely N-dealkylation sites (tertiary alicyclic amines) is 1. The Bertz CT molecular complexity index is 423. The Morgan fingerprint density at radius 2 is 2.10 bits per heavy atom. The number of benzene rings is 1. The van der Waals surface area contributed by atoms with Crippen molar-refractivity contribution in [2.45, 2.75) is 45.2 Å². The van der Waals surface area contributed by atoms with Crippen LogP contribution in [0.5, 0.6) is 0 Å². The van der Waals surface area contributed by atoms with Crippen molar-refractivity contribution in [2.24, 2.45) is 0 Å². The Labute approximate surface area is 132 Å². The highest BCUT2D eigenvalue weighted by molar-refractivity contribution is 6.42. The van der Waals surface area contributed by atoms with Gasteiger partial charge in [-0.1, -0.05) is 42.6 Å². The molecule has 1 fully saturated rings. The average molecular weight is 315 g/mol. The number of hydrogen-bond donors (Lipinski definition) is 1. The van der Waals surface area contributed by atoms with Crippen LogP contribution in [-0.2, 0) is 6.54 Å². The fraction of sp³-hybridized carbons (Fsp3) is 0.625. The first-order valence-electron chi connectivity index (χ1n) is 7.59. The van der Waals surface area contributed by atoms with Crippen LogP contribution < -0.4 is 5.32 Å². The summed E-state index contributed by atoms with van der Waals surface area (Å²) >= 11 is 12.1. The van der Waals surface area contributed by atoms with Gasteiger partial charge < -0.3 is 5.32 Å². The third kappa shape index (κ3) is 4.63. The number of nitrogens with zero attached hydrogens (tertiary/aromatic N) is 1. The van der Waals surface area contributed by atoms with Crippen molar-refractivity contribution in [1.29, 1.82) is 0 Å². The molecule has 2 rings (SSSR count). The Kier molecular flexibility index (Phi) is 6.63. The molecule has 1 unspecified atom stereocenters. The van der Waals surface area contributed by atoms with Crippen LogP contribution in [0.25, 0.3) is 0 Å². The van der Waals surface area contributed by atoms with Gasteiger partial charge in [-0.2, -0.15) is 0 Å². The van der Waals surface area contributed by atoms with E-state index < -0.39 is 0 Å². The number of halogens is 2. The van der Waals surface area contributed by atoms with E-state index in [1.54, 1.807) is 0 Å². The molecule has 1 heterocycles. The third-order valence-corrected chi connectivity index (χ3v) is 4.66. The van der Waals surface area contributed by atoms with E-state index in [0.717, 1.165) is 19.6 Å². The molecule has 0 aromatic heterocycles. The molecule has 1 aromatic rings. The molecule has 0 bridgehead atoms. The van der Waals surface area contributed by atoms with E-state index in [-0.39, 0.29) is 0 Å². The normalized spacial score (nSPS) is 20.2. The lowest BCUT2D eigenvalue weighted by Gasteiger charge is -2.36. The minimum absolute atomic E-state index is 0.634. The molecule has 0 saturated carbocycles. The van der Waals surface area contributed by atoms with Crippen LogP contribution in [0.2, 0.25) is 10.0 Å². The summed E-state index contributed by atoms with van der Waals surface area (Å²) in [6, 6.07) is 6.62. The molecule has 1 aliphatic rings. The molecule has 1 N–H and O–H groups in total. The van der Waals surface area contributed by atoms with Gasteiger partial charge >= 0.3 is 0 Å². The SMILES string of the molecule is CCCNCC1CCCCN1Cc1ccc(Cl)c(Cl)c1. The standard InChI is InChI=1S/C16H24Cl2N2/c1-2-8-19-11-14-5-3-4-9-20(14)12-13-6-7-15(17)16(18)10-13/h6-7,10,14,19H,2-5,8-9,11-12H2,1H3. The van der Waals surface area contributed by atoms with E-state index in [1.165, 1.54) is 37.8 Å². The molecule has 112 valence electrons. The summed E-state index contributed by atoms with van der Waals surface area (Å²) < 4.78 is 0. The summed E-state index contributed by atoms with van der Waals surface area (Å²) in [5.41, 5.74) is 1.25. The average Bonchev–Trinajstić information content (AvgIpc) is 2.45. The van der Waals surface area contributed by atoms with E-state index in [1.807, 2.05) is 12.1 Å². The first-order chi connectivity index (χ1) is 9.70. The van der Waals surface area contributed by atoms with E-state index >= 15 is 0 Å². The summed E-state index contributed by atoms with van der Waals surface area (Å²) in [5, 5.41) is 4.84. The number of piperidine rings is 1. The molecule has 0 spiro atoms. The van der Waals surface area contributed by atoms with Gasteiger partial charge in [0.15, 0.2) is 0 Å². The fourth-order valence-corrected chi connectivity index (χ4v) is 3.14. The maximum absolute atomic E-state index is 6.11. The van der Waals surface area contributed by atoms with Crippen LogP contribution in [0.4, 0.5) is 0 Å². The molecular formula is C16H24Cl2N2. The molecule has 20 heavy (non-hydrogen) atoms. The molecule has 1 aliphatic heterocycles. The summed E-state index contributed by atoms with van der Waals surface area (Å²) in [6.45, 7) is 6.56. The summed E-state index contributed by atoms with van der Waals surface area (Å²) in [4.78, 5) is 2.58. The van der Waals surface area contributed by atoms with Gasteiger partial charge in [0.25, 0.3) is 0 Å². The van der Waals surface area contributed by atoms with Crippen molar-refractivity contribution in [3.8, 4) is 0 Å². The second kappa shape index (κ2) is 8.23. The molecule has 4 heteroatoms. The highest BCUT2D eigenvalue weighted by Crippen LogP contribution is 2.25. The summed E-state index contributed by atoms with van der Waals surface area (Å²) in [7, 11) is 0. The Balaban J connectivity index is 1.95. The van der Waals surface area contributed by atoms with Crippen LogP contribution in [0.1, 0.15) is 38.2 Å². The molecule has 1 aromatic carbocycles. The van der Waals surface area contributed by atoms with Crippen LogP contribution >= 0.6 is 23.2 Å². The molecule has 1 atom stereocenters. The molecule has 0 amide bonds. The van der Waals surface area contributed by atoms with Gasteiger partial charge in [0.2, 0.25) is 0 Å². The highest BCUT2D eigenvalue weighted by atomic mass is 35.5. The van der Waals surface area contributed by atoms with Gasteiger partial charge in [-0.25, -0.2) is 0 Å². The number of hydrogen-bond acceptors (Lipinski definition) is 2. The molecule has 1 saturated heterocycles. The van der Waals surface area contributed by atoms with Crippen LogP contribution in [0.3, 0.4) is 0 Å². The Hall–Kier alpha value is -0.280. The zero-order chi connectivity index (χ0) is 14.4. The number of rotatable bonds is 6. The van der Waals surface area contributed by atoms with Crippen molar-refractivity contribution in [3.05, 3.63) is 33.8 Å². The van der Waals surface area contributed by atoms with Crippen molar-refractivity contribution >= 4 is 23.2 Å². The quantitative estimate of drug-likeness (QED) is 0.785. The van der Waals surface area contributed by atoms with Crippen molar-refractivity contribution < 1.29 is 0 Å². The molecule has 2 nitrogen and oxygen atoms in total. The van der Waals surface area contributed by atoms with Gasteiger partial charge in [-0.15, -0.1) is 0 Å². The van der Waals surface area contributed by atoms with Gasteiger partial charge in [0.1, 0.15) is 0 Å². The van der Waals surface area contributed by atoms with Crippen molar-refractivity contribution in [2.75, 3.05) is 19.6 Å². The zero-order valence-electron chi connectivity index (χ0n) is 12.2. The topological polar surface area (TPSA) is 15.3 Å². The van der Waals surface area contributed by atoms with Crippen LogP contribution in [0, 0.1) is 0 Å². The van der Waals surface area contributed by atoms with E-state index in [0.29, 0.717) is 16.1 Å². The van der Waals surface area contributed by atoms with Crippen molar-refractivity contribution in [3.63, 3.8) is 0 Å². The second-order valence-electron chi connectivity index (χ2n) is 5.57.